The Kier molecular flexibility index (Phi) is 10.1. The molecule has 1 N–H and O–H groups in total. The molecule has 0 bridgehead atoms. The molecule has 3 heterocycles. The maximum absolute atomic E-state index is 13.8. The number of piperazine rings is 1. The Bertz CT molecular complexity index is 1560. The highest BCUT2D eigenvalue weighted by Gasteiger charge is 2.28. The second-order valence-electron chi connectivity index (χ2n) is 10.7. The summed E-state index contributed by atoms with van der Waals surface area (Å²) in [4.78, 5) is 34.9. The van der Waals surface area contributed by atoms with E-state index in [1.807, 2.05) is 24.3 Å². The Morgan fingerprint density at radius 3 is 2.32 bits per heavy atom. The number of ether oxygens (including phenoxy) is 2. The van der Waals surface area contributed by atoms with Crippen molar-refractivity contribution in [3.63, 3.8) is 0 Å². The van der Waals surface area contributed by atoms with Crippen molar-refractivity contribution in [3.8, 4) is 5.69 Å². The molecule has 1 amide bonds. The first kappa shape index (κ1) is 30.9. The van der Waals surface area contributed by atoms with Crippen molar-refractivity contribution in [2.75, 3.05) is 56.2 Å². The second kappa shape index (κ2) is 14.3. The van der Waals surface area contributed by atoms with E-state index in [0.29, 0.717) is 53.4 Å². The number of fused-ring (bicyclic) bond motifs is 1. The molecule has 0 atom stereocenters. The van der Waals surface area contributed by atoms with Gasteiger partial charge in [-0.1, -0.05) is 32.0 Å². The number of amides is 1. The van der Waals surface area contributed by atoms with Crippen molar-refractivity contribution in [1.29, 1.82) is 0 Å². The fraction of sp³-hybridized carbons (Fsp3) is 0.394. The summed E-state index contributed by atoms with van der Waals surface area (Å²) in [5, 5.41) is 8.35. The van der Waals surface area contributed by atoms with E-state index in [9.17, 15) is 14.0 Å². The number of halogens is 1. The standard InChI is InChI=1S/C33H39FN6O4/c1-4-23(5-2)30-29-27(32(41)43-6-3)22-28(36-31(29)40(37-30)26-14-12-24(34)13-15-26)39-18-16-38(17-19-39)20-21-44-33(42)35-25-10-8-7-9-11-25/h7-15,22-23H,4-6,16-21H2,1-3H3,(H,35,42). The minimum absolute atomic E-state index is 0.112. The molecule has 11 heteroatoms. The molecule has 0 saturated carbocycles. The van der Waals surface area contributed by atoms with Gasteiger partial charge in [0, 0.05) is 44.3 Å². The molecule has 232 valence electrons. The van der Waals surface area contributed by atoms with E-state index in [2.05, 4.69) is 29.0 Å². The number of hydrogen-bond donors (Lipinski definition) is 1. The Hall–Kier alpha value is -4.51. The molecule has 44 heavy (non-hydrogen) atoms. The minimum Gasteiger partial charge on any atom is -0.462 e. The van der Waals surface area contributed by atoms with Crippen molar-refractivity contribution in [1.82, 2.24) is 19.7 Å². The quantitative estimate of drug-likeness (QED) is 0.208. The van der Waals surface area contributed by atoms with Crippen LogP contribution < -0.4 is 10.2 Å². The van der Waals surface area contributed by atoms with Crippen LogP contribution in [-0.2, 0) is 9.47 Å². The molecule has 0 spiro atoms. The molecule has 1 aliphatic rings. The normalized spacial score (nSPS) is 13.8. The summed E-state index contributed by atoms with van der Waals surface area (Å²) in [6.07, 6.45) is 1.20. The number of rotatable bonds is 11. The van der Waals surface area contributed by atoms with Crippen LogP contribution in [0.4, 0.5) is 20.7 Å². The largest absolute Gasteiger partial charge is 0.462 e. The van der Waals surface area contributed by atoms with Gasteiger partial charge in [0.15, 0.2) is 5.65 Å². The van der Waals surface area contributed by atoms with Crippen LogP contribution in [0.25, 0.3) is 16.7 Å². The Morgan fingerprint density at radius 1 is 0.955 bits per heavy atom. The van der Waals surface area contributed by atoms with E-state index >= 15 is 0 Å². The summed E-state index contributed by atoms with van der Waals surface area (Å²) in [6.45, 7) is 9.90. The lowest BCUT2D eigenvalue weighted by Crippen LogP contribution is -2.47. The van der Waals surface area contributed by atoms with Crippen LogP contribution in [0, 0.1) is 5.82 Å². The molecule has 2 aromatic carbocycles. The zero-order chi connectivity index (χ0) is 31.1. The lowest BCUT2D eigenvalue weighted by molar-refractivity contribution is 0.0528. The van der Waals surface area contributed by atoms with E-state index < -0.39 is 12.1 Å². The second-order valence-corrected chi connectivity index (χ2v) is 10.7. The summed E-state index contributed by atoms with van der Waals surface area (Å²) in [5.41, 5.74) is 3.11. The van der Waals surface area contributed by atoms with Gasteiger partial charge < -0.3 is 14.4 Å². The van der Waals surface area contributed by atoms with Crippen LogP contribution >= 0.6 is 0 Å². The van der Waals surface area contributed by atoms with Gasteiger partial charge in [0.25, 0.3) is 0 Å². The van der Waals surface area contributed by atoms with Crippen LogP contribution in [-0.4, -0.2) is 77.7 Å². The fourth-order valence-electron chi connectivity index (χ4n) is 5.53. The highest BCUT2D eigenvalue weighted by molar-refractivity contribution is 6.05. The Morgan fingerprint density at radius 2 is 1.66 bits per heavy atom. The molecule has 1 aliphatic heterocycles. The number of para-hydroxylation sites is 1. The third-order valence-corrected chi connectivity index (χ3v) is 7.95. The molecule has 10 nitrogen and oxygen atoms in total. The SMILES string of the molecule is CCOC(=O)c1cc(N2CCN(CCOC(=O)Nc3ccccc3)CC2)nc2c1c(C(CC)CC)nn2-c1ccc(F)cc1. The number of benzene rings is 2. The molecular weight excluding hydrogens is 563 g/mol. The van der Waals surface area contributed by atoms with Crippen molar-refractivity contribution in [2.24, 2.45) is 0 Å². The number of hydrogen-bond acceptors (Lipinski definition) is 8. The average molecular weight is 603 g/mol. The van der Waals surface area contributed by atoms with Gasteiger partial charge in [-0.15, -0.1) is 0 Å². The van der Waals surface area contributed by atoms with Gasteiger partial charge in [0.05, 0.1) is 28.9 Å². The maximum atomic E-state index is 13.8. The average Bonchev–Trinajstić information content (AvgIpc) is 3.42. The van der Waals surface area contributed by atoms with E-state index in [4.69, 9.17) is 19.6 Å². The summed E-state index contributed by atoms with van der Waals surface area (Å²) in [6, 6.07) is 17.1. The van der Waals surface area contributed by atoms with Gasteiger partial charge in [-0.05, 0) is 62.2 Å². The number of nitrogens with zero attached hydrogens (tertiary/aromatic N) is 5. The van der Waals surface area contributed by atoms with Gasteiger partial charge in [0.1, 0.15) is 18.2 Å². The van der Waals surface area contributed by atoms with Gasteiger partial charge >= 0.3 is 12.1 Å². The van der Waals surface area contributed by atoms with Gasteiger partial charge in [-0.3, -0.25) is 10.2 Å². The van der Waals surface area contributed by atoms with Crippen LogP contribution in [0.2, 0.25) is 0 Å². The number of carbonyl (C=O) groups is 2. The van der Waals surface area contributed by atoms with Crippen molar-refractivity contribution in [2.45, 2.75) is 39.5 Å². The highest BCUT2D eigenvalue weighted by Crippen LogP contribution is 2.35. The number of aromatic nitrogens is 3. The highest BCUT2D eigenvalue weighted by atomic mass is 19.1. The maximum Gasteiger partial charge on any atom is 0.411 e. The van der Waals surface area contributed by atoms with E-state index in [1.54, 1.807) is 35.9 Å². The molecule has 0 aliphatic carbocycles. The summed E-state index contributed by atoms with van der Waals surface area (Å²) in [7, 11) is 0. The monoisotopic (exact) mass is 602 g/mol. The summed E-state index contributed by atoms with van der Waals surface area (Å²) < 4.78 is 26.4. The molecule has 5 rings (SSSR count). The smallest absolute Gasteiger partial charge is 0.411 e. The molecular formula is C33H39FN6O4. The lowest BCUT2D eigenvalue weighted by atomic mass is 9.95. The first-order valence-corrected chi connectivity index (χ1v) is 15.2. The van der Waals surface area contributed by atoms with Crippen LogP contribution in [0.5, 0.6) is 0 Å². The molecule has 2 aromatic heterocycles. The lowest BCUT2D eigenvalue weighted by Gasteiger charge is -2.35. The summed E-state index contributed by atoms with van der Waals surface area (Å²) >= 11 is 0. The zero-order valence-corrected chi connectivity index (χ0v) is 25.5. The molecule has 4 aromatic rings. The van der Waals surface area contributed by atoms with Crippen LogP contribution in [0.15, 0.2) is 60.7 Å². The van der Waals surface area contributed by atoms with E-state index in [1.165, 1.54) is 12.1 Å². The van der Waals surface area contributed by atoms with Crippen LogP contribution in [0.3, 0.4) is 0 Å². The third kappa shape index (κ3) is 6.99. The van der Waals surface area contributed by atoms with E-state index in [0.717, 1.165) is 31.6 Å². The molecule has 1 saturated heterocycles. The van der Waals surface area contributed by atoms with Crippen molar-refractivity contribution < 1.29 is 23.5 Å². The van der Waals surface area contributed by atoms with E-state index in [-0.39, 0.29) is 24.9 Å². The predicted octanol–water partition coefficient (Wildman–Crippen LogP) is 6.01. The Balaban J connectivity index is 1.37. The first-order chi connectivity index (χ1) is 21.4. The fourth-order valence-corrected chi connectivity index (χ4v) is 5.53. The number of anilines is 2. The molecule has 1 fully saturated rings. The number of nitrogens with one attached hydrogen (secondary N) is 1. The number of pyridine rings is 1. The van der Waals surface area contributed by atoms with Crippen molar-refractivity contribution >= 4 is 34.6 Å². The minimum atomic E-state index is -0.482. The van der Waals surface area contributed by atoms with Crippen molar-refractivity contribution in [3.05, 3.63) is 77.7 Å². The summed E-state index contributed by atoms with van der Waals surface area (Å²) in [5.74, 6) is 0.00146. The van der Waals surface area contributed by atoms with Gasteiger partial charge in [-0.25, -0.2) is 23.6 Å². The topological polar surface area (TPSA) is 102 Å². The predicted molar refractivity (Wildman–Crippen MR) is 168 cm³/mol. The van der Waals surface area contributed by atoms with Crippen LogP contribution in [0.1, 0.15) is 55.6 Å². The molecule has 0 radical (unpaired) electrons. The third-order valence-electron chi connectivity index (χ3n) is 7.95. The van der Waals surface area contributed by atoms with Gasteiger partial charge in [0.2, 0.25) is 0 Å². The number of carbonyl (C=O) groups excluding carboxylic acids is 2. The zero-order valence-electron chi connectivity index (χ0n) is 25.5. The Labute approximate surface area is 256 Å². The molecule has 0 unspecified atom stereocenters. The number of esters is 1. The van der Waals surface area contributed by atoms with Gasteiger partial charge in [-0.2, -0.15) is 5.10 Å². The first-order valence-electron chi connectivity index (χ1n) is 15.2.